The molecule has 7 heteroatoms. The van der Waals surface area contributed by atoms with Crippen LogP contribution in [0.5, 0.6) is 0 Å². The van der Waals surface area contributed by atoms with Crippen molar-refractivity contribution in [1.82, 2.24) is 0 Å². The molecule has 0 radical (unpaired) electrons. The fourth-order valence-electron chi connectivity index (χ4n) is 3.28. The molecule has 1 aromatic rings. The predicted molar refractivity (Wildman–Crippen MR) is 109 cm³/mol. The third-order valence-corrected chi connectivity index (χ3v) is 5.38. The van der Waals surface area contributed by atoms with Gasteiger partial charge < -0.3 is 18.9 Å². The van der Waals surface area contributed by atoms with Crippen LogP contribution in [-0.2, 0) is 39.9 Å². The van der Waals surface area contributed by atoms with E-state index in [0.717, 1.165) is 5.56 Å². The van der Waals surface area contributed by atoms with Gasteiger partial charge in [0.2, 0.25) is 0 Å². The van der Waals surface area contributed by atoms with E-state index >= 15 is 0 Å². The Hall–Kier alpha value is -2.51. The summed E-state index contributed by atoms with van der Waals surface area (Å²) in [5, 5.41) is 0. The van der Waals surface area contributed by atoms with Gasteiger partial charge in [0.1, 0.15) is 0 Å². The van der Waals surface area contributed by atoms with Gasteiger partial charge in [-0.2, -0.15) is 0 Å². The van der Waals surface area contributed by atoms with E-state index in [-0.39, 0.29) is 24.2 Å². The Balaban J connectivity index is 2.25. The molecule has 0 aromatic heterocycles. The summed E-state index contributed by atoms with van der Waals surface area (Å²) in [7, 11) is 2.55. The molecular formula is C23H30O7. The van der Waals surface area contributed by atoms with Gasteiger partial charge in [-0.15, -0.1) is 0 Å². The van der Waals surface area contributed by atoms with Crippen molar-refractivity contribution in [3.05, 3.63) is 47.5 Å². The first kappa shape index (κ1) is 23.8. The maximum absolute atomic E-state index is 12.8. The Morgan fingerprint density at radius 1 is 1.17 bits per heavy atom. The first-order valence-corrected chi connectivity index (χ1v) is 9.90. The van der Waals surface area contributed by atoms with Crippen molar-refractivity contribution in [1.29, 1.82) is 0 Å². The van der Waals surface area contributed by atoms with Crippen molar-refractivity contribution >= 4 is 17.7 Å². The molecule has 0 spiro atoms. The molecule has 0 N–H and O–H groups in total. The molecule has 1 aliphatic rings. The maximum atomic E-state index is 12.8. The molecule has 7 nitrogen and oxygen atoms in total. The Kier molecular flexibility index (Phi) is 8.32. The second-order valence-corrected chi connectivity index (χ2v) is 7.90. The van der Waals surface area contributed by atoms with Crippen molar-refractivity contribution in [2.24, 2.45) is 5.41 Å². The standard InChI is InChI=1S/C23H30O7/c1-15(29-14-16-9-7-6-8-10-16)19-13-18(24)17(12-21(25)27-4)11-20(30-19)23(2,3)22(26)28-5/h6-10,12,15,19-20H,11,13-14H2,1-5H3/b17-12+/t15-,19-,20-/m0/s1. The van der Waals surface area contributed by atoms with Gasteiger partial charge in [-0.05, 0) is 26.3 Å². The zero-order valence-electron chi connectivity index (χ0n) is 18.2. The highest BCUT2D eigenvalue weighted by Crippen LogP contribution is 2.35. The fourth-order valence-corrected chi connectivity index (χ4v) is 3.28. The van der Waals surface area contributed by atoms with E-state index in [1.165, 1.54) is 20.3 Å². The number of ether oxygens (including phenoxy) is 4. The number of carbonyl (C=O) groups excluding carboxylic acids is 3. The van der Waals surface area contributed by atoms with Gasteiger partial charge in [-0.25, -0.2) is 4.79 Å². The number of Topliss-reactive ketones (excluding diaryl/α,β-unsaturated/α-hetero) is 1. The SMILES string of the molecule is COC(=O)/C=C1\C[C@@H](C(C)(C)C(=O)OC)O[C@H]([C@H](C)OCc2ccccc2)CC1=O. The maximum Gasteiger partial charge on any atom is 0.330 e. The summed E-state index contributed by atoms with van der Waals surface area (Å²) in [4.78, 5) is 37.0. The Bertz CT molecular complexity index is 782. The van der Waals surface area contributed by atoms with E-state index in [0.29, 0.717) is 6.61 Å². The molecule has 1 saturated heterocycles. The lowest BCUT2D eigenvalue weighted by Gasteiger charge is -2.34. The van der Waals surface area contributed by atoms with Gasteiger partial charge in [-0.1, -0.05) is 30.3 Å². The number of benzene rings is 1. The molecule has 164 valence electrons. The molecule has 0 bridgehead atoms. The van der Waals surface area contributed by atoms with E-state index in [1.807, 2.05) is 37.3 Å². The normalized spacial score (nSPS) is 22.3. The summed E-state index contributed by atoms with van der Waals surface area (Å²) in [6, 6.07) is 9.68. The van der Waals surface area contributed by atoms with Crippen LogP contribution in [0.4, 0.5) is 0 Å². The van der Waals surface area contributed by atoms with Crippen LogP contribution >= 0.6 is 0 Å². The topological polar surface area (TPSA) is 88.1 Å². The number of carbonyl (C=O) groups is 3. The number of methoxy groups -OCH3 is 2. The summed E-state index contributed by atoms with van der Waals surface area (Å²) in [6.45, 7) is 5.59. The molecule has 0 unspecified atom stereocenters. The summed E-state index contributed by atoms with van der Waals surface area (Å²) in [6.07, 6.45) is -0.379. The minimum Gasteiger partial charge on any atom is -0.469 e. The fraction of sp³-hybridized carbons (Fsp3) is 0.522. The Morgan fingerprint density at radius 2 is 1.83 bits per heavy atom. The Morgan fingerprint density at radius 3 is 2.43 bits per heavy atom. The van der Waals surface area contributed by atoms with E-state index < -0.39 is 35.7 Å². The minimum atomic E-state index is -1.04. The summed E-state index contributed by atoms with van der Waals surface area (Å²) in [5.41, 5.74) is 0.231. The molecule has 0 saturated carbocycles. The van der Waals surface area contributed by atoms with Gasteiger partial charge >= 0.3 is 11.9 Å². The number of ketones is 1. The average molecular weight is 418 g/mol. The van der Waals surface area contributed by atoms with Crippen LogP contribution in [-0.4, -0.2) is 50.3 Å². The lowest BCUT2D eigenvalue weighted by Crippen LogP contribution is -2.43. The smallest absolute Gasteiger partial charge is 0.330 e. The van der Waals surface area contributed by atoms with Crippen LogP contribution in [0.1, 0.15) is 39.2 Å². The van der Waals surface area contributed by atoms with E-state index in [1.54, 1.807) is 13.8 Å². The Labute approximate surface area is 177 Å². The van der Waals surface area contributed by atoms with E-state index in [4.69, 9.17) is 14.2 Å². The molecule has 1 heterocycles. The molecule has 30 heavy (non-hydrogen) atoms. The van der Waals surface area contributed by atoms with E-state index in [2.05, 4.69) is 4.74 Å². The molecule has 1 fully saturated rings. The highest BCUT2D eigenvalue weighted by molar-refractivity contribution is 6.01. The van der Waals surface area contributed by atoms with Crippen molar-refractivity contribution in [2.45, 2.75) is 58.5 Å². The first-order chi connectivity index (χ1) is 14.2. The largest absolute Gasteiger partial charge is 0.469 e. The highest BCUT2D eigenvalue weighted by Gasteiger charge is 2.44. The van der Waals surface area contributed by atoms with Crippen molar-refractivity contribution < 1.29 is 33.3 Å². The monoisotopic (exact) mass is 418 g/mol. The number of esters is 2. The van der Waals surface area contributed by atoms with Crippen LogP contribution in [0.3, 0.4) is 0 Å². The van der Waals surface area contributed by atoms with Crippen molar-refractivity contribution in [3.63, 3.8) is 0 Å². The molecule has 0 amide bonds. The number of hydrogen-bond acceptors (Lipinski definition) is 7. The lowest BCUT2D eigenvalue weighted by atomic mass is 9.82. The van der Waals surface area contributed by atoms with E-state index in [9.17, 15) is 14.4 Å². The second-order valence-electron chi connectivity index (χ2n) is 7.90. The number of rotatable bonds is 7. The zero-order chi connectivity index (χ0) is 22.3. The van der Waals surface area contributed by atoms with Crippen LogP contribution in [0.2, 0.25) is 0 Å². The average Bonchev–Trinajstić information content (AvgIpc) is 2.91. The number of hydrogen-bond donors (Lipinski definition) is 0. The molecule has 0 aliphatic carbocycles. The molecule has 1 aromatic carbocycles. The predicted octanol–water partition coefficient (Wildman–Crippen LogP) is 3.01. The molecule has 1 aliphatic heterocycles. The molecule has 3 atom stereocenters. The lowest BCUT2D eigenvalue weighted by molar-refractivity contribution is -0.170. The van der Waals surface area contributed by atoms with Crippen LogP contribution in [0, 0.1) is 5.41 Å². The molecular weight excluding hydrogens is 388 g/mol. The van der Waals surface area contributed by atoms with Crippen molar-refractivity contribution in [3.8, 4) is 0 Å². The van der Waals surface area contributed by atoms with Gasteiger partial charge in [0, 0.05) is 24.5 Å². The molecule has 2 rings (SSSR count). The van der Waals surface area contributed by atoms with Gasteiger partial charge in [0.15, 0.2) is 5.78 Å². The summed E-state index contributed by atoms with van der Waals surface area (Å²) in [5.74, 6) is -1.32. The quantitative estimate of drug-likeness (QED) is 0.497. The van der Waals surface area contributed by atoms with Crippen LogP contribution in [0.25, 0.3) is 0 Å². The third-order valence-electron chi connectivity index (χ3n) is 5.38. The zero-order valence-corrected chi connectivity index (χ0v) is 18.2. The summed E-state index contributed by atoms with van der Waals surface area (Å²) < 4.78 is 21.8. The highest BCUT2D eigenvalue weighted by atomic mass is 16.6. The van der Waals surface area contributed by atoms with Gasteiger partial charge in [0.25, 0.3) is 0 Å². The van der Waals surface area contributed by atoms with Crippen molar-refractivity contribution in [2.75, 3.05) is 14.2 Å². The summed E-state index contributed by atoms with van der Waals surface area (Å²) >= 11 is 0. The second kappa shape index (κ2) is 10.5. The van der Waals surface area contributed by atoms with Crippen LogP contribution in [0.15, 0.2) is 42.0 Å². The minimum absolute atomic E-state index is 0.0343. The first-order valence-electron chi connectivity index (χ1n) is 9.90. The van der Waals surface area contributed by atoms with Gasteiger partial charge in [0.05, 0.1) is 44.6 Å². The van der Waals surface area contributed by atoms with Crippen LogP contribution < -0.4 is 0 Å². The third kappa shape index (κ3) is 6.00. The van der Waals surface area contributed by atoms with Gasteiger partial charge in [-0.3, -0.25) is 9.59 Å².